The average Bonchev–Trinajstić information content (AvgIpc) is 3.52. The van der Waals surface area contributed by atoms with E-state index in [0.29, 0.717) is 0 Å². The zero-order valence-corrected chi connectivity index (χ0v) is 32.8. The molecule has 0 saturated carbocycles. The fourth-order valence-corrected chi connectivity index (χ4v) is 18.1. The van der Waals surface area contributed by atoms with Crippen molar-refractivity contribution in [1.29, 1.82) is 0 Å². The Kier molecular flexibility index (Phi) is 7.62. The second-order valence-corrected chi connectivity index (χ2v) is 20.8. The normalized spacial score (nSPS) is 15.2. The molecule has 3 aliphatic rings. The van der Waals surface area contributed by atoms with Crippen LogP contribution in [0.5, 0.6) is 0 Å². The van der Waals surface area contributed by atoms with Crippen LogP contribution in [0.1, 0.15) is 36.6 Å². The Bertz CT molecular complexity index is 2510. The van der Waals surface area contributed by atoms with Gasteiger partial charge in [-0.2, -0.15) is 0 Å². The summed E-state index contributed by atoms with van der Waals surface area (Å²) in [6.45, 7) is 2.33. The van der Waals surface area contributed by atoms with E-state index >= 15 is 0 Å². The number of aromatic nitrogens is 1. The third-order valence-electron chi connectivity index (χ3n) is 11.9. The summed E-state index contributed by atoms with van der Waals surface area (Å²) in [5.74, 6) is 0. The Morgan fingerprint density at radius 3 is 2.19 bits per heavy atom. The molecule has 0 radical (unpaired) electrons. The van der Waals surface area contributed by atoms with Gasteiger partial charge in [-0.25, -0.2) is 0 Å². The topological polar surface area (TPSA) is 8.17 Å². The van der Waals surface area contributed by atoms with Gasteiger partial charge in [0.05, 0.1) is 0 Å². The summed E-state index contributed by atoms with van der Waals surface area (Å²) >= 11 is 0.178. The zero-order chi connectivity index (χ0) is 35.0. The SMILES string of the molecule is C/C=C/c1cc2c3c(c1)[Si](c1ccccc1)(c1ccccc1)c1c(cccc1-n1c4c(c5ccccc51)CCCC4)B3c1ccc(N(C)C)cc1[Se]2. The summed E-state index contributed by atoms with van der Waals surface area (Å²) in [4.78, 5) is 2.25. The molecule has 2 aliphatic heterocycles. The van der Waals surface area contributed by atoms with Crippen molar-refractivity contribution in [3.05, 3.63) is 156 Å². The molecule has 252 valence electrons. The number of allylic oxidation sites excluding steroid dienone is 1. The third kappa shape index (κ3) is 4.56. The van der Waals surface area contributed by atoms with Crippen molar-refractivity contribution in [3.63, 3.8) is 0 Å². The van der Waals surface area contributed by atoms with Crippen molar-refractivity contribution in [3.8, 4) is 5.69 Å². The minimum absolute atomic E-state index is 0.173. The van der Waals surface area contributed by atoms with Gasteiger partial charge in [0.15, 0.2) is 0 Å². The van der Waals surface area contributed by atoms with Gasteiger partial charge in [0, 0.05) is 0 Å². The van der Waals surface area contributed by atoms with Gasteiger partial charge in [0.1, 0.15) is 0 Å². The summed E-state index contributed by atoms with van der Waals surface area (Å²) in [6.07, 6.45) is 9.33. The first-order valence-electron chi connectivity index (χ1n) is 18.8. The molecule has 52 heavy (non-hydrogen) atoms. The van der Waals surface area contributed by atoms with Crippen LogP contribution in [0.25, 0.3) is 22.7 Å². The molecule has 7 aromatic rings. The van der Waals surface area contributed by atoms with Crippen LogP contribution in [0.3, 0.4) is 0 Å². The Morgan fingerprint density at radius 2 is 1.44 bits per heavy atom. The van der Waals surface area contributed by atoms with E-state index in [1.807, 2.05) is 0 Å². The molecule has 0 spiro atoms. The van der Waals surface area contributed by atoms with Crippen LogP contribution >= 0.6 is 0 Å². The van der Waals surface area contributed by atoms with Crippen molar-refractivity contribution < 1.29 is 0 Å². The van der Waals surface area contributed by atoms with Gasteiger partial charge < -0.3 is 0 Å². The van der Waals surface area contributed by atoms with Gasteiger partial charge in [0.2, 0.25) is 0 Å². The van der Waals surface area contributed by atoms with E-state index in [-0.39, 0.29) is 21.7 Å². The van der Waals surface area contributed by atoms with Crippen molar-refractivity contribution in [1.82, 2.24) is 4.57 Å². The average molecular weight is 752 g/mol. The van der Waals surface area contributed by atoms with Gasteiger partial charge in [-0.1, -0.05) is 0 Å². The zero-order valence-electron chi connectivity index (χ0n) is 30.1. The molecule has 0 amide bonds. The van der Waals surface area contributed by atoms with Crippen LogP contribution < -0.4 is 51.0 Å². The molecule has 0 bridgehead atoms. The van der Waals surface area contributed by atoms with Gasteiger partial charge in [-0.15, -0.1) is 0 Å². The van der Waals surface area contributed by atoms with Crippen LogP contribution in [0.2, 0.25) is 0 Å². The number of hydrogen-bond acceptors (Lipinski definition) is 1. The van der Waals surface area contributed by atoms with E-state index in [0.717, 1.165) is 12.8 Å². The predicted octanol–water partition coefficient (Wildman–Crippen LogP) is 3.78. The maximum atomic E-state index is 2.72. The number of nitrogens with zero attached hydrogens (tertiary/aromatic N) is 2. The molecule has 3 heterocycles. The summed E-state index contributed by atoms with van der Waals surface area (Å²) in [7, 11) is 1.40. The van der Waals surface area contributed by atoms with Gasteiger partial charge in [0.25, 0.3) is 0 Å². The van der Waals surface area contributed by atoms with Gasteiger partial charge in [-0.05, 0) is 0 Å². The van der Waals surface area contributed by atoms with Crippen LogP contribution in [0, 0.1) is 0 Å². The molecule has 1 aromatic heterocycles. The molecule has 6 aromatic carbocycles. The number of fused-ring (bicyclic) bond motifs is 7. The van der Waals surface area contributed by atoms with E-state index in [4.69, 9.17) is 0 Å². The summed E-state index contributed by atoms with van der Waals surface area (Å²) in [5.41, 5.74) is 12.9. The molecule has 0 N–H and O–H groups in total. The van der Waals surface area contributed by atoms with Gasteiger partial charge >= 0.3 is 317 Å². The molecule has 0 fully saturated rings. The first-order chi connectivity index (χ1) is 25.6. The van der Waals surface area contributed by atoms with Crippen LogP contribution in [0.15, 0.2) is 140 Å². The number of aryl methyl sites for hydroxylation is 1. The Morgan fingerprint density at radius 1 is 0.712 bits per heavy atom. The second-order valence-electron chi connectivity index (χ2n) is 14.8. The standard InChI is InChI=1S/C47H41BN2SeSi/c1-4-16-32-29-44-46-45(30-32)52(34-17-7-5-8-18-34,35-19-9-6-10-20-35)47-39(48(46)38-28-27-33(49(2)3)31-43(38)51-44)23-15-26-42(47)50-40-24-13-11-21-36(40)37-22-12-14-25-41(37)50/h4-11,13,15-21,23-24,26-31H,12,14,22,25H2,1-3H3/b16-4+. The van der Waals surface area contributed by atoms with E-state index in [2.05, 4.69) is 176 Å². The summed E-state index contributed by atoms with van der Waals surface area (Å²) in [5, 5.41) is 7.46. The fraction of sp³-hybridized carbons (Fsp3) is 0.149. The molecule has 0 unspecified atom stereocenters. The van der Waals surface area contributed by atoms with Crippen molar-refractivity contribution >= 4 is 98.5 Å². The molecule has 1 aliphatic carbocycles. The van der Waals surface area contributed by atoms with Crippen molar-refractivity contribution in [2.75, 3.05) is 19.0 Å². The predicted molar refractivity (Wildman–Crippen MR) is 229 cm³/mol. The number of rotatable bonds is 5. The first-order valence-corrected chi connectivity index (χ1v) is 22.5. The molecule has 10 rings (SSSR count). The van der Waals surface area contributed by atoms with Crippen molar-refractivity contribution in [2.45, 2.75) is 32.6 Å². The number of anilines is 1. The minimum atomic E-state index is -2.93. The molecule has 2 nitrogen and oxygen atoms in total. The maximum absolute atomic E-state index is 2.93. The Hall–Kier alpha value is -4.80. The van der Waals surface area contributed by atoms with Crippen molar-refractivity contribution in [2.24, 2.45) is 0 Å². The number of para-hydroxylation sites is 1. The Labute approximate surface area is 315 Å². The van der Waals surface area contributed by atoms with Gasteiger partial charge in [-0.3, -0.25) is 0 Å². The van der Waals surface area contributed by atoms with Crippen LogP contribution in [0.4, 0.5) is 5.69 Å². The van der Waals surface area contributed by atoms with Crippen LogP contribution in [-0.2, 0) is 12.8 Å². The monoisotopic (exact) mass is 752 g/mol. The molecular formula is C47H41BN2SeSi. The second kappa shape index (κ2) is 12.4. The summed E-state index contributed by atoms with van der Waals surface area (Å²) < 4.78 is 5.77. The molecule has 0 saturated heterocycles. The van der Waals surface area contributed by atoms with E-state index in [1.165, 1.54) is 76.6 Å². The summed E-state index contributed by atoms with van der Waals surface area (Å²) in [6, 6.07) is 52.3. The number of hydrogen-bond donors (Lipinski definition) is 0. The molecular weight excluding hydrogens is 710 g/mol. The molecule has 5 heteroatoms. The van der Waals surface area contributed by atoms with E-state index in [1.54, 1.807) is 21.4 Å². The van der Waals surface area contributed by atoms with E-state index in [9.17, 15) is 0 Å². The quantitative estimate of drug-likeness (QED) is 0.244. The van der Waals surface area contributed by atoms with E-state index < -0.39 is 8.07 Å². The number of benzene rings is 6. The third-order valence-corrected chi connectivity index (χ3v) is 19.1. The molecule has 0 atom stereocenters. The van der Waals surface area contributed by atoms with Crippen LogP contribution in [-0.4, -0.2) is 48.4 Å². The fourth-order valence-electron chi connectivity index (χ4n) is 9.80. The first kappa shape index (κ1) is 31.9. The Balaban J connectivity index is 1.42.